The molecule has 35 heavy (non-hydrogen) atoms. The Morgan fingerprint density at radius 1 is 1.23 bits per heavy atom. The highest BCUT2D eigenvalue weighted by atomic mass is 32.1. The number of pyridine rings is 1. The summed E-state index contributed by atoms with van der Waals surface area (Å²) in [5, 5.41) is 4.32. The number of hydrogen-bond acceptors (Lipinski definition) is 6. The minimum atomic E-state index is -0.464. The maximum Gasteiger partial charge on any atom is 0.410 e. The van der Waals surface area contributed by atoms with Crippen molar-refractivity contribution < 1.29 is 14.3 Å². The highest BCUT2D eigenvalue weighted by Crippen LogP contribution is 2.44. The zero-order valence-electron chi connectivity index (χ0n) is 21.2. The van der Waals surface area contributed by atoms with E-state index >= 15 is 0 Å². The molecule has 4 aromatic heterocycles. The van der Waals surface area contributed by atoms with E-state index < -0.39 is 5.60 Å². The zero-order chi connectivity index (χ0) is 24.9. The molecule has 1 N–H and O–H groups in total. The maximum atomic E-state index is 12.4. The smallest absolute Gasteiger partial charge is 0.410 e. The molecule has 4 aromatic rings. The summed E-state index contributed by atoms with van der Waals surface area (Å²) >= 11 is 1.88. The summed E-state index contributed by atoms with van der Waals surface area (Å²) in [6.45, 7) is 11.6. The van der Waals surface area contributed by atoms with Crippen LogP contribution in [0.2, 0.25) is 0 Å². The van der Waals surface area contributed by atoms with Crippen molar-refractivity contribution in [3.05, 3.63) is 35.1 Å². The molecule has 0 bridgehead atoms. The summed E-state index contributed by atoms with van der Waals surface area (Å²) in [5.74, 6) is 1.50. The number of methoxy groups -OCH3 is 1. The Balaban J connectivity index is 1.42. The monoisotopic (exact) mass is 495 g/mol. The van der Waals surface area contributed by atoms with Gasteiger partial charge in [-0.25, -0.2) is 14.3 Å². The van der Waals surface area contributed by atoms with E-state index in [0.717, 1.165) is 42.7 Å². The number of nitrogens with one attached hydrogen (secondary N) is 1. The molecule has 1 aliphatic heterocycles. The Labute approximate surface area is 209 Å². The van der Waals surface area contributed by atoms with Gasteiger partial charge in [0.1, 0.15) is 11.9 Å². The Morgan fingerprint density at radius 3 is 2.63 bits per heavy atom. The summed E-state index contributed by atoms with van der Waals surface area (Å²) in [5.41, 5.74) is 4.84. The number of amides is 1. The molecule has 0 saturated carbocycles. The molecule has 0 aromatic carbocycles. The fraction of sp³-hybridized carbons (Fsp3) is 0.500. The molecule has 9 heteroatoms. The SMILES string of the molecule is COc1cc(-c2[nH]c3cc(C4CCN(C(=O)OC(C)(C)C)CC4)sc3c2C(C)C)cn2ncnc12. The molecular formula is C26H33N5O3S. The number of carbonyl (C=O) groups excluding carboxylic acids is 1. The minimum Gasteiger partial charge on any atom is -0.493 e. The van der Waals surface area contributed by atoms with Crippen LogP contribution >= 0.6 is 11.3 Å². The minimum absolute atomic E-state index is 0.208. The van der Waals surface area contributed by atoms with Gasteiger partial charge in [0.25, 0.3) is 0 Å². The van der Waals surface area contributed by atoms with Gasteiger partial charge in [0, 0.05) is 29.7 Å². The molecule has 5 rings (SSSR count). The fourth-order valence-electron chi connectivity index (χ4n) is 4.85. The summed E-state index contributed by atoms with van der Waals surface area (Å²) in [7, 11) is 1.66. The molecule has 0 radical (unpaired) electrons. The van der Waals surface area contributed by atoms with Gasteiger partial charge < -0.3 is 19.4 Å². The van der Waals surface area contributed by atoms with Crippen molar-refractivity contribution in [2.24, 2.45) is 0 Å². The lowest BCUT2D eigenvalue weighted by Gasteiger charge is -2.33. The van der Waals surface area contributed by atoms with Crippen LogP contribution in [0.4, 0.5) is 4.79 Å². The predicted octanol–water partition coefficient (Wildman–Crippen LogP) is 6.19. The molecule has 1 fully saturated rings. The highest BCUT2D eigenvalue weighted by molar-refractivity contribution is 7.19. The fourth-order valence-corrected chi connectivity index (χ4v) is 6.34. The third-order valence-electron chi connectivity index (χ3n) is 6.50. The van der Waals surface area contributed by atoms with Crippen molar-refractivity contribution in [1.29, 1.82) is 0 Å². The van der Waals surface area contributed by atoms with Crippen molar-refractivity contribution in [2.75, 3.05) is 20.2 Å². The third kappa shape index (κ3) is 4.49. The number of fused-ring (bicyclic) bond motifs is 2. The topological polar surface area (TPSA) is 84.8 Å². The number of H-pyrrole nitrogens is 1. The Bertz CT molecular complexity index is 1370. The number of rotatable bonds is 4. The van der Waals surface area contributed by atoms with E-state index in [1.165, 1.54) is 15.1 Å². The first-order valence-corrected chi connectivity index (χ1v) is 13.0. The van der Waals surface area contributed by atoms with Crippen molar-refractivity contribution in [1.82, 2.24) is 24.5 Å². The second kappa shape index (κ2) is 8.86. The third-order valence-corrected chi connectivity index (χ3v) is 7.83. The zero-order valence-corrected chi connectivity index (χ0v) is 22.0. The second-order valence-corrected chi connectivity index (χ2v) is 11.6. The molecule has 1 saturated heterocycles. The lowest BCUT2D eigenvalue weighted by molar-refractivity contribution is 0.0205. The first-order valence-electron chi connectivity index (χ1n) is 12.2. The normalized spacial score (nSPS) is 15.5. The number of carbonyl (C=O) groups is 1. The van der Waals surface area contributed by atoms with Gasteiger partial charge in [0.2, 0.25) is 0 Å². The molecule has 0 aliphatic carbocycles. The van der Waals surface area contributed by atoms with Crippen molar-refractivity contribution >= 4 is 33.3 Å². The van der Waals surface area contributed by atoms with E-state index in [1.54, 1.807) is 18.0 Å². The van der Waals surface area contributed by atoms with Crippen LogP contribution < -0.4 is 4.74 Å². The van der Waals surface area contributed by atoms with E-state index in [2.05, 4.69) is 35.0 Å². The number of aromatic amines is 1. The van der Waals surface area contributed by atoms with Gasteiger partial charge in [-0.05, 0) is 63.1 Å². The first kappa shape index (κ1) is 23.7. The van der Waals surface area contributed by atoms with Crippen LogP contribution in [-0.4, -0.2) is 56.4 Å². The second-order valence-electron chi connectivity index (χ2n) is 10.5. The summed E-state index contributed by atoms with van der Waals surface area (Å²) in [6, 6.07) is 4.33. The lowest BCUT2D eigenvalue weighted by Crippen LogP contribution is -2.41. The number of aromatic nitrogens is 4. The number of likely N-dealkylation sites (tertiary alicyclic amines) is 1. The maximum absolute atomic E-state index is 12.4. The average molecular weight is 496 g/mol. The van der Waals surface area contributed by atoms with Crippen LogP contribution in [0.1, 0.15) is 69.7 Å². The van der Waals surface area contributed by atoms with Gasteiger partial charge in [0.05, 0.1) is 23.0 Å². The summed E-state index contributed by atoms with van der Waals surface area (Å²) in [4.78, 5) is 23.7. The predicted molar refractivity (Wildman–Crippen MR) is 139 cm³/mol. The van der Waals surface area contributed by atoms with Crippen molar-refractivity contribution in [2.45, 2.75) is 64.9 Å². The van der Waals surface area contributed by atoms with Crippen LogP contribution in [0.25, 0.3) is 27.1 Å². The van der Waals surface area contributed by atoms with E-state index in [1.807, 2.05) is 49.3 Å². The lowest BCUT2D eigenvalue weighted by atomic mass is 9.95. The number of thiophene rings is 1. The average Bonchev–Trinajstić information content (AvgIpc) is 3.51. The number of hydrogen-bond donors (Lipinski definition) is 1. The van der Waals surface area contributed by atoms with Gasteiger partial charge in [0.15, 0.2) is 11.4 Å². The molecule has 1 aliphatic rings. The molecule has 0 atom stereocenters. The van der Waals surface area contributed by atoms with Gasteiger partial charge in [-0.1, -0.05) is 13.8 Å². The molecule has 1 amide bonds. The number of ether oxygens (including phenoxy) is 2. The Kier molecular flexibility index (Phi) is 5.99. The quantitative estimate of drug-likeness (QED) is 0.365. The number of piperidine rings is 1. The standard InChI is InChI=1S/C26H33N5O3S/c1-15(2)21-22(17-11-19(33-6)24-27-14-28-31(24)13-17)29-18-12-20(35-23(18)21)16-7-9-30(10-8-16)25(32)34-26(3,4)5/h11-16,29H,7-10H2,1-6H3. The van der Waals surface area contributed by atoms with E-state index in [9.17, 15) is 4.79 Å². The number of nitrogens with zero attached hydrogens (tertiary/aromatic N) is 4. The van der Waals surface area contributed by atoms with E-state index in [4.69, 9.17) is 9.47 Å². The molecule has 0 spiro atoms. The van der Waals surface area contributed by atoms with Gasteiger partial charge in [-0.15, -0.1) is 11.3 Å². The Hall–Kier alpha value is -3.07. The molecule has 186 valence electrons. The summed E-state index contributed by atoms with van der Waals surface area (Å²) in [6.07, 6.45) is 5.23. The molecule has 8 nitrogen and oxygen atoms in total. The van der Waals surface area contributed by atoms with E-state index in [-0.39, 0.29) is 6.09 Å². The van der Waals surface area contributed by atoms with Crippen LogP contribution in [0, 0.1) is 0 Å². The molecular weight excluding hydrogens is 462 g/mol. The Morgan fingerprint density at radius 2 is 1.97 bits per heavy atom. The van der Waals surface area contributed by atoms with Crippen LogP contribution in [0.5, 0.6) is 5.75 Å². The summed E-state index contributed by atoms with van der Waals surface area (Å²) < 4.78 is 14.2. The van der Waals surface area contributed by atoms with Crippen LogP contribution in [-0.2, 0) is 4.74 Å². The largest absolute Gasteiger partial charge is 0.493 e. The highest BCUT2D eigenvalue weighted by Gasteiger charge is 2.29. The molecule has 0 unspecified atom stereocenters. The first-order chi connectivity index (χ1) is 16.6. The van der Waals surface area contributed by atoms with Gasteiger partial charge in [-0.3, -0.25) is 0 Å². The van der Waals surface area contributed by atoms with Gasteiger partial charge >= 0.3 is 6.09 Å². The van der Waals surface area contributed by atoms with Crippen molar-refractivity contribution in [3.63, 3.8) is 0 Å². The van der Waals surface area contributed by atoms with E-state index in [0.29, 0.717) is 23.2 Å². The van der Waals surface area contributed by atoms with Crippen LogP contribution in [0.3, 0.4) is 0 Å². The van der Waals surface area contributed by atoms with Gasteiger partial charge in [-0.2, -0.15) is 5.10 Å². The van der Waals surface area contributed by atoms with Crippen LogP contribution in [0.15, 0.2) is 24.7 Å². The van der Waals surface area contributed by atoms with Crippen molar-refractivity contribution in [3.8, 4) is 17.0 Å². The molecule has 5 heterocycles.